The number of hydrogen-bond acceptors (Lipinski definition) is 24. The molecule has 0 saturated heterocycles. The van der Waals surface area contributed by atoms with E-state index in [-0.39, 0.29) is 152 Å². The van der Waals surface area contributed by atoms with Crippen LogP contribution in [0.25, 0.3) is 33.7 Å². The van der Waals surface area contributed by atoms with E-state index in [1.54, 1.807) is 0 Å². The number of azo groups is 2. The third-order valence-electron chi connectivity index (χ3n) is 8.81. The summed E-state index contributed by atoms with van der Waals surface area (Å²) in [5, 5.41) is 12.3. The topological polar surface area (TPSA) is 445 Å². The van der Waals surface area contributed by atoms with Crippen LogP contribution in [0.2, 0.25) is 0 Å². The molecule has 0 atom stereocenters. The first kappa shape index (κ1) is 68.9. The first-order valence-corrected chi connectivity index (χ1v) is 25.1. The van der Waals surface area contributed by atoms with Gasteiger partial charge < -0.3 is 38.8 Å². The predicted octanol–water partition coefficient (Wildman–Crippen LogP) is -8.41. The van der Waals surface area contributed by atoms with Gasteiger partial charge in [0.05, 0.1) is 52.1 Å². The molecule has 0 heterocycles. The number of nitrogens with zero attached hydrogens (tertiary/aromatic N) is 4. The van der Waals surface area contributed by atoms with Gasteiger partial charge in [-0.15, -0.1) is 10.2 Å². The first-order chi connectivity index (χ1) is 29.4. The normalized spacial score (nSPS) is 12.4. The second-order valence-corrected chi connectivity index (χ2v) is 21.0. The monoisotopic (exact) mass is 1210 g/mol. The van der Waals surface area contributed by atoms with Crippen LogP contribution in [0.4, 0.5) is 34.1 Å². The molecule has 6 aromatic rings. The fourth-order valence-electron chi connectivity index (χ4n) is 6.12. The Morgan fingerprint density at radius 1 is 0.371 bits per heavy atom. The average molecular weight is 1210 g/mol. The van der Waals surface area contributed by atoms with Gasteiger partial charge in [-0.2, -0.15) is 10.2 Å². The van der Waals surface area contributed by atoms with E-state index in [1.807, 2.05) is 0 Å². The smallest absolute Gasteiger partial charge is 0.744 e. The van der Waals surface area contributed by atoms with E-state index in [1.165, 1.54) is 0 Å². The van der Waals surface area contributed by atoms with Gasteiger partial charge >= 0.3 is 152 Å². The Morgan fingerprint density at radius 3 is 0.929 bits per heavy atom. The van der Waals surface area contributed by atoms with Crippen molar-refractivity contribution in [1.29, 1.82) is 0 Å². The standard InChI is InChI=1S/C34H26N6O18S6.2Cu.4Na/c35-33-23(15-29(63(53,54)55)21-3-1-5-25(31(21)33)59(41,42)43)39-37-19-11-9-17(27(13-19)61(47,48)49)7-8-18-10-12-20(14-28(18)62(50,51)52)38-40-24-16-30(64(56,57)58)22-4-2-6-26(60(44,45)46)32(22)34(24)36;;;;;;/h1-16H,35-36H2,(H,41,42,43)(H,44,45,46)(H,47,48,49)(H,50,51,52)(H,53,54,55)(H,56,57,58);;;;;;/q;6*+1/p-6/b8-7+,39-37?,40-38?;;;;;;. The third-order valence-corrected chi connectivity index (χ3v) is 14.1. The van der Waals surface area contributed by atoms with Crippen LogP contribution >= 0.6 is 0 Å². The quantitative estimate of drug-likeness (QED) is 0.0378. The molecule has 0 radical (unpaired) electrons. The van der Waals surface area contributed by atoms with Gasteiger partial charge in [0.2, 0.25) is 0 Å². The van der Waals surface area contributed by atoms with Gasteiger partial charge in [-0.1, -0.05) is 48.6 Å². The molecule has 0 aliphatic heterocycles. The molecule has 0 fully saturated rings. The van der Waals surface area contributed by atoms with Gasteiger partial charge in [0, 0.05) is 21.5 Å². The first-order valence-electron chi connectivity index (χ1n) is 16.6. The molecule has 0 aromatic heterocycles. The number of nitrogens with two attached hydrogens (primary N) is 2. The SMILES string of the molecule is Nc1c(N=Nc2ccc(/C=C/c3ccc(N=Nc4cc(S(=O)(=O)[O-])c5cccc(S(=O)(=O)[O-])c5c4N)cc3S(=O)(=O)[O-])c(S(=O)(=O)[O-])c2)cc(S(=O)(=O)[O-])c2cccc(S(=O)(=O)[O-])c12.[Cu+].[Cu+].[Na+].[Na+].[Na+].[Na+]. The number of nitrogen functional groups attached to an aromatic ring is 2. The molecule has 0 unspecified atom stereocenters. The minimum Gasteiger partial charge on any atom is -0.744 e. The maximum atomic E-state index is 12.3. The van der Waals surface area contributed by atoms with E-state index < -0.39 is 157 Å². The summed E-state index contributed by atoms with van der Waals surface area (Å²) in [4.78, 5) is -6.16. The van der Waals surface area contributed by atoms with E-state index in [2.05, 4.69) is 20.5 Å². The van der Waals surface area contributed by atoms with Gasteiger partial charge in [-0.05, 0) is 59.7 Å². The maximum absolute atomic E-state index is 12.3. The fraction of sp³-hybridized carbons (Fsp3) is 0. The van der Waals surface area contributed by atoms with Crippen LogP contribution in [0.1, 0.15) is 11.1 Å². The summed E-state index contributed by atoms with van der Waals surface area (Å²) in [7, 11) is -32.2. The van der Waals surface area contributed by atoms with E-state index in [4.69, 9.17) is 11.5 Å². The largest absolute Gasteiger partial charge is 1.00 e. The van der Waals surface area contributed by atoms with E-state index in [0.29, 0.717) is 24.3 Å². The summed E-state index contributed by atoms with van der Waals surface area (Å²) in [5.41, 5.74) is 7.66. The zero-order valence-electron chi connectivity index (χ0n) is 35.6. The van der Waals surface area contributed by atoms with E-state index >= 15 is 0 Å². The summed E-state index contributed by atoms with van der Waals surface area (Å²) in [6, 6.07) is 12.0. The minimum absolute atomic E-state index is 0. The van der Waals surface area contributed by atoms with Gasteiger partial charge in [-0.3, -0.25) is 0 Å². The summed E-state index contributed by atoms with van der Waals surface area (Å²) in [6.07, 6.45) is 1.77. The molecule has 0 saturated carbocycles. The van der Waals surface area contributed by atoms with Crippen LogP contribution in [-0.4, -0.2) is 77.8 Å². The molecule has 0 bridgehead atoms. The van der Waals surface area contributed by atoms with Crippen LogP contribution in [0, 0.1) is 0 Å². The van der Waals surface area contributed by atoms with Crippen LogP contribution in [0.5, 0.6) is 0 Å². The van der Waals surface area contributed by atoms with E-state index in [0.717, 1.165) is 72.8 Å². The van der Waals surface area contributed by atoms with Gasteiger partial charge in [0.15, 0.2) is 0 Å². The van der Waals surface area contributed by atoms with Crippen molar-refractivity contribution in [2.45, 2.75) is 29.4 Å². The number of hydrogen-bond donors (Lipinski definition) is 2. The molecule has 36 heteroatoms. The van der Waals surface area contributed by atoms with Gasteiger partial charge in [0.25, 0.3) is 0 Å². The molecule has 0 aliphatic carbocycles. The van der Waals surface area contributed by atoms with Crippen molar-refractivity contribution in [3.8, 4) is 0 Å². The molecule has 0 spiro atoms. The maximum Gasteiger partial charge on any atom is 1.00 e. The molecular formula is C34H20Cu2N6Na4O18S6. The second kappa shape index (κ2) is 25.6. The zero-order valence-corrected chi connectivity index (χ0v) is 50.4. The summed E-state index contributed by atoms with van der Waals surface area (Å²) in [5.74, 6) is 0. The van der Waals surface area contributed by atoms with Crippen LogP contribution < -0.4 is 130 Å². The molecule has 24 nitrogen and oxygen atoms in total. The third kappa shape index (κ3) is 15.7. The van der Waals surface area contributed by atoms with Crippen molar-refractivity contribution in [3.05, 3.63) is 96.1 Å². The molecule has 6 aromatic carbocycles. The number of benzene rings is 6. The number of anilines is 2. The minimum atomic E-state index is -5.42. The van der Waals surface area contributed by atoms with Crippen molar-refractivity contribution in [1.82, 2.24) is 0 Å². The van der Waals surface area contributed by atoms with Crippen LogP contribution in [0.15, 0.2) is 135 Å². The Bertz CT molecular complexity index is 3590. The summed E-state index contributed by atoms with van der Waals surface area (Å²) < 4.78 is 218. The van der Waals surface area contributed by atoms with Crippen molar-refractivity contribution in [2.24, 2.45) is 20.5 Å². The van der Waals surface area contributed by atoms with E-state index in [9.17, 15) is 77.8 Å². The van der Waals surface area contributed by atoms with Crippen LogP contribution in [0.3, 0.4) is 0 Å². The Labute approximate surface area is 508 Å². The molecule has 6 rings (SSSR count). The van der Waals surface area contributed by atoms with Crippen molar-refractivity contribution >= 4 is 129 Å². The molecular weight excluding hydrogens is 1190 g/mol. The van der Waals surface area contributed by atoms with Crippen molar-refractivity contribution < 1.29 is 230 Å². The Kier molecular flexibility index (Phi) is 25.2. The van der Waals surface area contributed by atoms with Crippen LogP contribution in [-0.2, 0) is 94.8 Å². The Morgan fingerprint density at radius 2 is 0.657 bits per heavy atom. The predicted molar refractivity (Wildman–Crippen MR) is 215 cm³/mol. The fourth-order valence-corrected chi connectivity index (χ4v) is 10.3. The van der Waals surface area contributed by atoms with Crippen molar-refractivity contribution in [2.75, 3.05) is 11.5 Å². The molecule has 70 heavy (non-hydrogen) atoms. The Balaban J connectivity index is 0.00000793. The van der Waals surface area contributed by atoms with Crippen molar-refractivity contribution in [3.63, 3.8) is 0 Å². The average Bonchev–Trinajstić information content (AvgIpc) is 3.17. The second-order valence-electron chi connectivity index (χ2n) is 12.9. The van der Waals surface area contributed by atoms with Gasteiger partial charge in [-0.25, -0.2) is 50.5 Å². The van der Waals surface area contributed by atoms with Gasteiger partial charge in [0.1, 0.15) is 72.1 Å². The molecule has 0 aliphatic rings. The number of fused-ring (bicyclic) bond motifs is 2. The summed E-state index contributed by atoms with van der Waals surface area (Å²) in [6.45, 7) is 0. The molecule has 0 amide bonds. The number of rotatable bonds is 12. The Hall–Kier alpha value is -1.12. The zero-order chi connectivity index (χ0) is 47.5. The summed E-state index contributed by atoms with van der Waals surface area (Å²) >= 11 is 0. The molecule has 356 valence electrons. The molecule has 4 N–H and O–H groups in total.